The number of benzene rings is 1. The topological polar surface area (TPSA) is 95.5 Å². The van der Waals surface area contributed by atoms with E-state index in [-0.39, 0.29) is 18.4 Å². The zero-order valence-corrected chi connectivity index (χ0v) is 15.6. The third kappa shape index (κ3) is 6.21. The highest BCUT2D eigenvalue weighted by atomic mass is 16.4. The summed E-state index contributed by atoms with van der Waals surface area (Å²) in [6, 6.07) is 6.69. The Morgan fingerprint density at radius 3 is 2.16 bits per heavy atom. The van der Waals surface area contributed by atoms with Crippen LogP contribution in [0.2, 0.25) is 0 Å². The van der Waals surface area contributed by atoms with Gasteiger partial charge in [-0.1, -0.05) is 43.7 Å². The summed E-state index contributed by atoms with van der Waals surface area (Å²) < 4.78 is 0. The van der Waals surface area contributed by atoms with Gasteiger partial charge in [-0.15, -0.1) is 0 Å². The molecule has 138 valence electrons. The van der Waals surface area contributed by atoms with Gasteiger partial charge in [0.1, 0.15) is 6.04 Å². The lowest BCUT2D eigenvalue weighted by atomic mass is 9.83. The summed E-state index contributed by atoms with van der Waals surface area (Å²) >= 11 is 0. The van der Waals surface area contributed by atoms with Crippen LogP contribution < -0.4 is 10.6 Å². The molecular weight excluding hydrogens is 320 g/mol. The molecule has 3 N–H and O–H groups in total. The van der Waals surface area contributed by atoms with Crippen LogP contribution in [-0.4, -0.2) is 35.5 Å². The number of aryl methyl sites for hydroxylation is 1. The highest BCUT2D eigenvalue weighted by Gasteiger charge is 2.30. The van der Waals surface area contributed by atoms with Gasteiger partial charge in [-0.25, -0.2) is 4.79 Å². The number of hydrogen-bond acceptors (Lipinski definition) is 3. The van der Waals surface area contributed by atoms with Crippen LogP contribution in [0.5, 0.6) is 0 Å². The number of nitrogens with one attached hydrogen (secondary N) is 2. The molecule has 0 fully saturated rings. The van der Waals surface area contributed by atoms with Crippen molar-refractivity contribution in [3.05, 3.63) is 35.4 Å². The number of carbonyl (C=O) groups is 3. The predicted molar refractivity (Wildman–Crippen MR) is 96.2 cm³/mol. The van der Waals surface area contributed by atoms with Crippen LogP contribution >= 0.6 is 0 Å². The van der Waals surface area contributed by atoms with E-state index in [1.54, 1.807) is 13.8 Å². The van der Waals surface area contributed by atoms with Gasteiger partial charge in [0.25, 0.3) is 0 Å². The van der Waals surface area contributed by atoms with Crippen molar-refractivity contribution in [3.63, 3.8) is 0 Å². The summed E-state index contributed by atoms with van der Waals surface area (Å²) in [5.74, 6) is -1.74. The zero-order chi connectivity index (χ0) is 19.2. The molecule has 0 aliphatic heterocycles. The van der Waals surface area contributed by atoms with Gasteiger partial charge in [0.15, 0.2) is 0 Å². The van der Waals surface area contributed by atoms with E-state index >= 15 is 0 Å². The van der Waals surface area contributed by atoms with Crippen LogP contribution in [-0.2, 0) is 19.8 Å². The largest absolute Gasteiger partial charge is 0.480 e. The van der Waals surface area contributed by atoms with E-state index < -0.39 is 23.3 Å². The SMILES string of the molecule is Cc1ccc(C(C)(C)C(=O)NCC(=O)N[C@@H](CC(C)C)C(=O)O)cc1. The summed E-state index contributed by atoms with van der Waals surface area (Å²) in [4.78, 5) is 35.6. The number of carboxylic acid groups (broad SMARTS) is 1. The van der Waals surface area contributed by atoms with Gasteiger partial charge in [0.2, 0.25) is 11.8 Å². The van der Waals surface area contributed by atoms with E-state index in [0.29, 0.717) is 6.42 Å². The van der Waals surface area contributed by atoms with Crippen molar-refractivity contribution < 1.29 is 19.5 Å². The summed E-state index contributed by atoms with van der Waals surface area (Å²) in [6.45, 7) is 9.04. The molecule has 6 heteroatoms. The van der Waals surface area contributed by atoms with Crippen LogP contribution in [0.4, 0.5) is 0 Å². The van der Waals surface area contributed by atoms with E-state index in [2.05, 4.69) is 10.6 Å². The number of aliphatic carboxylic acids is 1. The second-order valence-electron chi connectivity index (χ2n) is 7.26. The molecule has 0 bridgehead atoms. The second-order valence-corrected chi connectivity index (χ2v) is 7.26. The Morgan fingerprint density at radius 1 is 1.12 bits per heavy atom. The van der Waals surface area contributed by atoms with Gasteiger partial charge in [-0.05, 0) is 38.7 Å². The van der Waals surface area contributed by atoms with E-state index in [4.69, 9.17) is 5.11 Å². The molecule has 0 aromatic heterocycles. The third-order valence-corrected chi connectivity index (χ3v) is 4.09. The Kier molecular flexibility index (Phi) is 7.15. The summed E-state index contributed by atoms with van der Waals surface area (Å²) in [7, 11) is 0. The fourth-order valence-electron chi connectivity index (χ4n) is 2.42. The molecule has 1 aromatic carbocycles. The van der Waals surface area contributed by atoms with E-state index in [0.717, 1.165) is 11.1 Å². The number of hydrogen-bond donors (Lipinski definition) is 3. The number of amides is 2. The quantitative estimate of drug-likeness (QED) is 0.669. The molecule has 6 nitrogen and oxygen atoms in total. The molecular formula is C19H28N2O4. The minimum atomic E-state index is -1.08. The maximum Gasteiger partial charge on any atom is 0.326 e. The molecule has 1 aromatic rings. The van der Waals surface area contributed by atoms with Gasteiger partial charge >= 0.3 is 5.97 Å². The summed E-state index contributed by atoms with van der Waals surface area (Å²) in [5, 5.41) is 14.2. The van der Waals surface area contributed by atoms with Crippen LogP contribution in [0, 0.1) is 12.8 Å². The molecule has 25 heavy (non-hydrogen) atoms. The molecule has 0 saturated carbocycles. The monoisotopic (exact) mass is 348 g/mol. The first-order valence-electron chi connectivity index (χ1n) is 8.41. The fourth-order valence-corrected chi connectivity index (χ4v) is 2.42. The molecule has 0 heterocycles. The standard InChI is InChI=1S/C19H28N2O4/c1-12(2)10-15(17(23)24)21-16(22)11-20-18(25)19(4,5)14-8-6-13(3)7-9-14/h6-9,12,15H,10-11H2,1-5H3,(H,20,25)(H,21,22)(H,23,24)/t15-/m0/s1. The molecule has 0 aliphatic rings. The summed E-state index contributed by atoms with van der Waals surface area (Å²) in [5.41, 5.74) is 1.15. The number of rotatable bonds is 8. The average Bonchev–Trinajstić information content (AvgIpc) is 2.51. The Morgan fingerprint density at radius 2 is 1.68 bits per heavy atom. The van der Waals surface area contributed by atoms with Crippen molar-refractivity contribution in [1.82, 2.24) is 10.6 Å². The Bertz CT molecular complexity index is 621. The van der Waals surface area contributed by atoms with Gasteiger partial charge in [-0.2, -0.15) is 0 Å². The zero-order valence-electron chi connectivity index (χ0n) is 15.6. The van der Waals surface area contributed by atoms with Crippen LogP contribution in [0.1, 0.15) is 45.2 Å². The average molecular weight is 348 g/mol. The van der Waals surface area contributed by atoms with Crippen LogP contribution in [0.3, 0.4) is 0 Å². The van der Waals surface area contributed by atoms with E-state index in [1.807, 2.05) is 45.0 Å². The molecule has 1 rings (SSSR count). The molecule has 0 radical (unpaired) electrons. The minimum absolute atomic E-state index is 0.136. The Balaban J connectivity index is 2.63. The van der Waals surface area contributed by atoms with Crippen molar-refractivity contribution >= 4 is 17.8 Å². The summed E-state index contributed by atoms with van der Waals surface area (Å²) in [6.07, 6.45) is 0.337. The Hall–Kier alpha value is -2.37. The van der Waals surface area contributed by atoms with Crippen molar-refractivity contribution in [1.29, 1.82) is 0 Å². The van der Waals surface area contributed by atoms with Gasteiger partial charge in [0.05, 0.1) is 12.0 Å². The molecule has 0 unspecified atom stereocenters. The number of carbonyl (C=O) groups excluding carboxylic acids is 2. The molecule has 2 amide bonds. The van der Waals surface area contributed by atoms with Gasteiger partial charge in [-0.3, -0.25) is 9.59 Å². The van der Waals surface area contributed by atoms with E-state index in [1.165, 1.54) is 0 Å². The van der Waals surface area contributed by atoms with Gasteiger partial charge < -0.3 is 15.7 Å². The predicted octanol–water partition coefficient (Wildman–Crippen LogP) is 2.00. The lowest BCUT2D eigenvalue weighted by Gasteiger charge is -2.24. The van der Waals surface area contributed by atoms with Crippen LogP contribution in [0.15, 0.2) is 24.3 Å². The maximum absolute atomic E-state index is 12.4. The first-order valence-corrected chi connectivity index (χ1v) is 8.41. The third-order valence-electron chi connectivity index (χ3n) is 4.09. The highest BCUT2D eigenvalue weighted by Crippen LogP contribution is 2.23. The smallest absolute Gasteiger partial charge is 0.326 e. The normalized spacial score (nSPS) is 12.6. The van der Waals surface area contributed by atoms with Crippen molar-refractivity contribution in [2.24, 2.45) is 5.92 Å². The van der Waals surface area contributed by atoms with E-state index in [9.17, 15) is 14.4 Å². The lowest BCUT2D eigenvalue weighted by Crippen LogP contribution is -2.48. The lowest BCUT2D eigenvalue weighted by molar-refractivity contribution is -0.142. The van der Waals surface area contributed by atoms with Crippen molar-refractivity contribution in [2.45, 2.75) is 52.5 Å². The molecule has 0 saturated heterocycles. The molecule has 0 spiro atoms. The number of carboxylic acids is 1. The maximum atomic E-state index is 12.4. The first-order chi connectivity index (χ1) is 11.5. The van der Waals surface area contributed by atoms with Gasteiger partial charge in [0, 0.05) is 0 Å². The van der Waals surface area contributed by atoms with Crippen LogP contribution in [0.25, 0.3) is 0 Å². The molecule has 0 aliphatic carbocycles. The highest BCUT2D eigenvalue weighted by molar-refractivity contribution is 5.92. The second kappa shape index (κ2) is 8.65. The van der Waals surface area contributed by atoms with Crippen molar-refractivity contribution in [2.75, 3.05) is 6.54 Å². The Labute approximate surface area is 149 Å². The molecule has 1 atom stereocenters. The fraction of sp³-hybridized carbons (Fsp3) is 0.526. The minimum Gasteiger partial charge on any atom is -0.480 e. The van der Waals surface area contributed by atoms with Crippen molar-refractivity contribution in [3.8, 4) is 0 Å². The first kappa shape index (κ1) is 20.7.